The predicted octanol–water partition coefficient (Wildman–Crippen LogP) is 2.26. The van der Waals surface area contributed by atoms with Crippen molar-refractivity contribution in [2.75, 3.05) is 22.5 Å². The minimum Gasteiger partial charge on any atom is -0.325 e. The summed E-state index contributed by atoms with van der Waals surface area (Å²) in [5, 5.41) is 9.82. The first-order valence-electron chi connectivity index (χ1n) is 9.54. The van der Waals surface area contributed by atoms with Gasteiger partial charge in [0.2, 0.25) is 11.8 Å². The van der Waals surface area contributed by atoms with E-state index < -0.39 is 0 Å². The number of carbonyl (C=O) groups is 2. The first kappa shape index (κ1) is 20.0. The molecule has 0 saturated heterocycles. The second-order valence-corrected chi connectivity index (χ2v) is 7.93. The van der Waals surface area contributed by atoms with Crippen LogP contribution >= 0.6 is 11.8 Å². The fourth-order valence-electron chi connectivity index (χ4n) is 3.45. The number of benzene rings is 2. The van der Waals surface area contributed by atoms with Crippen LogP contribution in [0.5, 0.6) is 0 Å². The molecule has 0 atom stereocenters. The zero-order valence-electron chi connectivity index (χ0n) is 16.4. The maximum absolute atomic E-state index is 12.4. The number of fused-ring (bicyclic) bond motifs is 1. The number of anilines is 2. The highest BCUT2D eigenvalue weighted by atomic mass is 32.2. The molecular weight excluding hydrogens is 402 g/mol. The maximum atomic E-state index is 12.4. The number of rotatable bonds is 6. The Morgan fingerprint density at radius 2 is 2.00 bits per heavy atom. The summed E-state index contributed by atoms with van der Waals surface area (Å²) in [7, 11) is 0. The van der Waals surface area contributed by atoms with Crippen LogP contribution in [0.3, 0.4) is 0 Å². The predicted molar refractivity (Wildman–Crippen MR) is 116 cm³/mol. The standard InChI is InChI=1S/C21H21N5O3S/c1-14(27)25-10-9-16-11-17(7-8-18(16)25)22-19(28)13-30-21-24-23-20(29)26(21)12-15-5-3-2-4-6-15/h2-8,11H,9-10,12-13H2,1H3,(H,22,28)(H,23,29). The van der Waals surface area contributed by atoms with Gasteiger partial charge in [0.05, 0.1) is 12.3 Å². The van der Waals surface area contributed by atoms with E-state index >= 15 is 0 Å². The molecule has 0 bridgehead atoms. The summed E-state index contributed by atoms with van der Waals surface area (Å²) in [6.45, 7) is 2.60. The van der Waals surface area contributed by atoms with Gasteiger partial charge in [0, 0.05) is 24.8 Å². The van der Waals surface area contributed by atoms with E-state index in [-0.39, 0.29) is 23.3 Å². The van der Waals surface area contributed by atoms with Crippen molar-refractivity contribution in [1.29, 1.82) is 0 Å². The lowest BCUT2D eigenvalue weighted by molar-refractivity contribution is -0.116. The molecule has 2 heterocycles. The van der Waals surface area contributed by atoms with Gasteiger partial charge in [0.15, 0.2) is 5.16 Å². The molecule has 2 aromatic carbocycles. The van der Waals surface area contributed by atoms with E-state index in [2.05, 4.69) is 15.5 Å². The number of hydrogen-bond donors (Lipinski definition) is 2. The molecule has 3 aromatic rings. The molecule has 1 aliphatic heterocycles. The van der Waals surface area contributed by atoms with Gasteiger partial charge in [-0.25, -0.2) is 9.89 Å². The minimum atomic E-state index is -0.310. The van der Waals surface area contributed by atoms with Crippen LogP contribution in [0.25, 0.3) is 0 Å². The van der Waals surface area contributed by atoms with Gasteiger partial charge in [-0.1, -0.05) is 42.1 Å². The average molecular weight is 423 g/mol. The number of aromatic amines is 1. The SMILES string of the molecule is CC(=O)N1CCc2cc(NC(=O)CSc3n[nH]c(=O)n3Cc3ccccc3)ccc21. The molecule has 2 amide bonds. The molecular formula is C21H21N5O3S. The Morgan fingerprint density at radius 1 is 1.20 bits per heavy atom. The third-order valence-electron chi connectivity index (χ3n) is 4.88. The molecule has 1 aliphatic rings. The first-order chi connectivity index (χ1) is 14.5. The molecule has 0 radical (unpaired) electrons. The van der Waals surface area contributed by atoms with E-state index in [0.717, 1.165) is 23.2 Å². The van der Waals surface area contributed by atoms with Gasteiger partial charge in [-0.15, -0.1) is 5.10 Å². The van der Waals surface area contributed by atoms with Gasteiger partial charge in [0.1, 0.15) is 0 Å². The van der Waals surface area contributed by atoms with Crippen molar-refractivity contribution in [3.63, 3.8) is 0 Å². The number of nitrogens with zero attached hydrogens (tertiary/aromatic N) is 3. The van der Waals surface area contributed by atoms with Gasteiger partial charge in [-0.3, -0.25) is 14.2 Å². The number of H-pyrrole nitrogens is 1. The summed E-state index contributed by atoms with van der Waals surface area (Å²) >= 11 is 1.20. The number of nitrogens with one attached hydrogen (secondary N) is 2. The van der Waals surface area contributed by atoms with Gasteiger partial charge < -0.3 is 10.2 Å². The molecule has 1 aromatic heterocycles. The van der Waals surface area contributed by atoms with Crippen molar-refractivity contribution in [2.24, 2.45) is 0 Å². The second-order valence-electron chi connectivity index (χ2n) is 6.98. The zero-order valence-corrected chi connectivity index (χ0v) is 17.2. The van der Waals surface area contributed by atoms with Gasteiger partial charge >= 0.3 is 5.69 Å². The van der Waals surface area contributed by atoms with Crippen molar-refractivity contribution in [2.45, 2.75) is 25.0 Å². The Labute approximate surface area is 177 Å². The number of amides is 2. The van der Waals surface area contributed by atoms with E-state index in [1.165, 1.54) is 16.3 Å². The molecule has 0 fully saturated rings. The van der Waals surface area contributed by atoms with Crippen molar-refractivity contribution in [3.8, 4) is 0 Å². The van der Waals surface area contributed by atoms with Crippen LogP contribution in [0.4, 0.5) is 11.4 Å². The lowest BCUT2D eigenvalue weighted by Gasteiger charge is -2.15. The lowest BCUT2D eigenvalue weighted by Crippen LogP contribution is -2.25. The van der Waals surface area contributed by atoms with E-state index in [9.17, 15) is 14.4 Å². The quantitative estimate of drug-likeness (QED) is 0.593. The van der Waals surface area contributed by atoms with Gasteiger partial charge in [0.25, 0.3) is 0 Å². The Morgan fingerprint density at radius 3 is 2.77 bits per heavy atom. The Hall–Kier alpha value is -3.33. The van der Waals surface area contributed by atoms with Gasteiger partial charge in [-0.2, -0.15) is 0 Å². The van der Waals surface area contributed by atoms with E-state index in [0.29, 0.717) is 23.9 Å². The van der Waals surface area contributed by atoms with Crippen LogP contribution in [-0.4, -0.2) is 38.9 Å². The number of carbonyl (C=O) groups excluding carboxylic acids is 2. The van der Waals surface area contributed by atoms with Crippen LogP contribution in [0, 0.1) is 0 Å². The smallest absolute Gasteiger partial charge is 0.325 e. The molecule has 0 spiro atoms. The highest BCUT2D eigenvalue weighted by Crippen LogP contribution is 2.30. The van der Waals surface area contributed by atoms with Crippen LogP contribution in [0.2, 0.25) is 0 Å². The molecule has 0 aliphatic carbocycles. The third-order valence-corrected chi connectivity index (χ3v) is 5.85. The van der Waals surface area contributed by atoms with Crippen molar-refractivity contribution >= 4 is 35.0 Å². The van der Waals surface area contributed by atoms with E-state index in [4.69, 9.17) is 0 Å². The summed E-state index contributed by atoms with van der Waals surface area (Å²) in [4.78, 5) is 37.9. The van der Waals surface area contributed by atoms with Crippen molar-refractivity contribution in [1.82, 2.24) is 14.8 Å². The molecule has 0 saturated carbocycles. The summed E-state index contributed by atoms with van der Waals surface area (Å²) < 4.78 is 1.51. The van der Waals surface area contributed by atoms with E-state index in [1.807, 2.05) is 42.5 Å². The zero-order chi connectivity index (χ0) is 21.1. The molecule has 154 valence electrons. The fraction of sp³-hybridized carbons (Fsp3) is 0.238. The molecule has 2 N–H and O–H groups in total. The van der Waals surface area contributed by atoms with Crippen LogP contribution in [-0.2, 0) is 22.6 Å². The van der Waals surface area contributed by atoms with E-state index in [1.54, 1.807) is 17.9 Å². The minimum absolute atomic E-state index is 0.0162. The normalized spacial score (nSPS) is 12.6. The molecule has 8 nitrogen and oxygen atoms in total. The summed E-state index contributed by atoms with van der Waals surface area (Å²) in [5.74, 6) is -0.0546. The summed E-state index contributed by atoms with van der Waals surface area (Å²) in [6, 6.07) is 15.2. The van der Waals surface area contributed by atoms with Crippen molar-refractivity contribution in [3.05, 3.63) is 70.1 Å². The first-order valence-corrected chi connectivity index (χ1v) is 10.5. The second kappa shape index (κ2) is 8.58. The third kappa shape index (κ3) is 4.30. The topological polar surface area (TPSA) is 100 Å². The number of thioether (sulfide) groups is 1. The highest BCUT2D eigenvalue weighted by molar-refractivity contribution is 7.99. The highest BCUT2D eigenvalue weighted by Gasteiger charge is 2.22. The maximum Gasteiger partial charge on any atom is 0.344 e. The Balaban J connectivity index is 1.38. The average Bonchev–Trinajstić information content (AvgIpc) is 3.31. The van der Waals surface area contributed by atoms with Crippen LogP contribution in [0.1, 0.15) is 18.1 Å². The van der Waals surface area contributed by atoms with Crippen molar-refractivity contribution < 1.29 is 9.59 Å². The lowest BCUT2D eigenvalue weighted by atomic mass is 10.1. The monoisotopic (exact) mass is 423 g/mol. The number of hydrogen-bond acceptors (Lipinski definition) is 5. The Kier molecular flexibility index (Phi) is 5.71. The summed E-state index contributed by atoms with van der Waals surface area (Å²) in [6.07, 6.45) is 0.770. The summed E-state index contributed by atoms with van der Waals surface area (Å²) in [5.41, 5.74) is 3.30. The Bertz CT molecular complexity index is 1140. The molecule has 9 heteroatoms. The fourth-order valence-corrected chi connectivity index (χ4v) is 4.20. The number of aromatic nitrogens is 3. The molecule has 30 heavy (non-hydrogen) atoms. The van der Waals surface area contributed by atoms with Crippen LogP contribution in [0.15, 0.2) is 58.5 Å². The molecule has 4 rings (SSSR count). The van der Waals surface area contributed by atoms with Gasteiger partial charge in [-0.05, 0) is 35.7 Å². The largest absolute Gasteiger partial charge is 0.344 e. The molecule has 0 unspecified atom stereocenters. The van der Waals surface area contributed by atoms with Crippen LogP contribution < -0.4 is 15.9 Å².